The molecule has 2 atom stereocenters. The lowest BCUT2D eigenvalue weighted by Gasteiger charge is -2.29. The van der Waals surface area contributed by atoms with Crippen molar-refractivity contribution >= 4 is 34.9 Å². The standard InChI is InChI=1S/C21H22ClF3N4O3/c1-26-19(30)18-11-15(8-9-27-18)32-14-5-2-12(3-6-14)28-20(31)29-13-4-7-17(22)16(10-13)21(23,24)25/h2-7,10,15,18,27H,8-9,11H2,1H3,(H,26,30)(H2,28,29,31). The predicted octanol–water partition coefficient (Wildman–Crippen LogP) is 4.25. The number of hydrogen-bond donors (Lipinski definition) is 4. The Bertz CT molecular complexity index is 970. The SMILES string of the molecule is CNC(=O)C1CC(Oc2ccc(NC(=O)Nc3ccc(Cl)c(C(F)(F)F)c3)cc2)CCN1. The lowest BCUT2D eigenvalue weighted by Crippen LogP contribution is -2.50. The fourth-order valence-corrected chi connectivity index (χ4v) is 3.51. The van der Waals surface area contributed by atoms with Crippen LogP contribution in [0, 0.1) is 0 Å². The summed E-state index contributed by atoms with van der Waals surface area (Å²) in [6.07, 6.45) is -3.48. The lowest BCUT2D eigenvalue weighted by molar-refractivity contribution is -0.137. The molecule has 0 spiro atoms. The predicted molar refractivity (Wildman–Crippen MR) is 115 cm³/mol. The molecule has 4 N–H and O–H groups in total. The van der Waals surface area contributed by atoms with Gasteiger partial charge >= 0.3 is 12.2 Å². The van der Waals surface area contributed by atoms with Gasteiger partial charge in [0.2, 0.25) is 5.91 Å². The first kappa shape index (κ1) is 23.7. The number of rotatable bonds is 5. The molecule has 0 bridgehead atoms. The first-order chi connectivity index (χ1) is 15.2. The third-order valence-electron chi connectivity index (χ3n) is 4.86. The highest BCUT2D eigenvalue weighted by Gasteiger charge is 2.33. The molecular weight excluding hydrogens is 449 g/mol. The lowest BCUT2D eigenvalue weighted by atomic mass is 10.0. The zero-order chi connectivity index (χ0) is 23.3. The van der Waals surface area contributed by atoms with E-state index in [9.17, 15) is 22.8 Å². The maximum Gasteiger partial charge on any atom is 0.417 e. The summed E-state index contributed by atoms with van der Waals surface area (Å²) in [4.78, 5) is 23.9. The minimum Gasteiger partial charge on any atom is -0.490 e. The highest BCUT2D eigenvalue weighted by molar-refractivity contribution is 6.31. The Hall–Kier alpha value is -2.98. The van der Waals surface area contributed by atoms with Crippen molar-refractivity contribution in [1.82, 2.24) is 10.6 Å². The Morgan fingerprint density at radius 1 is 1.09 bits per heavy atom. The summed E-state index contributed by atoms with van der Waals surface area (Å²) in [5.74, 6) is 0.484. The quantitative estimate of drug-likeness (QED) is 0.526. The van der Waals surface area contributed by atoms with Crippen molar-refractivity contribution in [3.63, 3.8) is 0 Å². The van der Waals surface area contributed by atoms with E-state index in [1.165, 1.54) is 6.07 Å². The minimum atomic E-state index is -4.63. The number of amides is 3. The molecule has 3 amide bonds. The van der Waals surface area contributed by atoms with E-state index in [0.29, 0.717) is 24.4 Å². The monoisotopic (exact) mass is 470 g/mol. The first-order valence-corrected chi connectivity index (χ1v) is 10.2. The third kappa shape index (κ3) is 6.27. The number of piperidine rings is 1. The molecule has 11 heteroatoms. The maximum atomic E-state index is 13.0. The van der Waals surface area contributed by atoms with Crippen molar-refractivity contribution in [2.45, 2.75) is 31.2 Å². The number of alkyl halides is 3. The molecule has 2 unspecified atom stereocenters. The summed E-state index contributed by atoms with van der Waals surface area (Å²) in [7, 11) is 1.58. The second-order valence-corrected chi connectivity index (χ2v) is 7.59. The molecule has 1 heterocycles. The van der Waals surface area contributed by atoms with Gasteiger partial charge in [0.15, 0.2) is 0 Å². The molecule has 2 aromatic carbocycles. The molecule has 1 fully saturated rings. The number of halogens is 4. The molecule has 172 valence electrons. The number of anilines is 2. The molecule has 7 nitrogen and oxygen atoms in total. The maximum absolute atomic E-state index is 13.0. The summed E-state index contributed by atoms with van der Waals surface area (Å²) >= 11 is 5.58. The normalized spacial score (nSPS) is 18.5. The van der Waals surface area contributed by atoms with Crippen LogP contribution in [0.2, 0.25) is 5.02 Å². The van der Waals surface area contributed by atoms with Gasteiger partial charge in [-0.05, 0) is 55.4 Å². The van der Waals surface area contributed by atoms with Gasteiger partial charge in [-0.1, -0.05) is 11.6 Å². The average Bonchev–Trinajstić information content (AvgIpc) is 2.75. The molecule has 1 saturated heterocycles. The summed E-state index contributed by atoms with van der Waals surface area (Å²) in [5, 5.41) is 10.2. The van der Waals surface area contributed by atoms with Crippen molar-refractivity contribution in [3.05, 3.63) is 53.1 Å². The summed E-state index contributed by atoms with van der Waals surface area (Å²) < 4.78 is 44.8. The fraction of sp³-hybridized carbons (Fsp3) is 0.333. The van der Waals surface area contributed by atoms with Crippen molar-refractivity contribution in [2.75, 3.05) is 24.2 Å². The minimum absolute atomic E-state index is 0.0456. The molecular formula is C21H22ClF3N4O3. The van der Waals surface area contributed by atoms with E-state index in [1.807, 2.05) is 0 Å². The average molecular weight is 471 g/mol. The Morgan fingerprint density at radius 3 is 2.41 bits per heavy atom. The van der Waals surface area contributed by atoms with Gasteiger partial charge in [-0.3, -0.25) is 4.79 Å². The van der Waals surface area contributed by atoms with E-state index in [1.54, 1.807) is 31.3 Å². The highest BCUT2D eigenvalue weighted by Crippen LogP contribution is 2.36. The van der Waals surface area contributed by atoms with E-state index >= 15 is 0 Å². The van der Waals surface area contributed by atoms with E-state index in [0.717, 1.165) is 18.6 Å². The summed E-state index contributed by atoms with van der Waals surface area (Å²) in [5.41, 5.74) is -0.654. The van der Waals surface area contributed by atoms with E-state index in [-0.39, 0.29) is 23.7 Å². The Kier molecular flexibility index (Phi) is 7.47. The molecule has 1 aliphatic heterocycles. The van der Waals surface area contributed by atoms with Crippen LogP contribution < -0.4 is 26.0 Å². The molecule has 2 aromatic rings. The van der Waals surface area contributed by atoms with Gasteiger partial charge in [-0.15, -0.1) is 0 Å². The number of carbonyl (C=O) groups is 2. The van der Waals surface area contributed by atoms with Crippen molar-refractivity contribution in [2.24, 2.45) is 0 Å². The van der Waals surface area contributed by atoms with Crippen molar-refractivity contribution in [1.29, 1.82) is 0 Å². The second-order valence-electron chi connectivity index (χ2n) is 7.18. The second kappa shape index (κ2) is 10.1. The molecule has 0 saturated carbocycles. The zero-order valence-corrected chi connectivity index (χ0v) is 17.8. The number of likely N-dealkylation sites (N-methyl/N-ethyl adjacent to an activating group) is 1. The van der Waals surface area contributed by atoms with E-state index < -0.39 is 22.8 Å². The van der Waals surface area contributed by atoms with Crippen LogP contribution in [0.5, 0.6) is 5.75 Å². The molecule has 32 heavy (non-hydrogen) atoms. The smallest absolute Gasteiger partial charge is 0.417 e. The number of hydrogen-bond acceptors (Lipinski definition) is 4. The molecule has 0 aliphatic carbocycles. The Balaban J connectivity index is 1.55. The van der Waals surface area contributed by atoms with Crippen molar-refractivity contribution < 1.29 is 27.5 Å². The van der Waals surface area contributed by atoms with Crippen LogP contribution in [0.15, 0.2) is 42.5 Å². The Morgan fingerprint density at radius 2 is 1.75 bits per heavy atom. The van der Waals surface area contributed by atoms with Gasteiger partial charge in [-0.2, -0.15) is 13.2 Å². The highest BCUT2D eigenvalue weighted by atomic mass is 35.5. The van der Waals surface area contributed by atoms with Gasteiger partial charge in [0.1, 0.15) is 11.9 Å². The van der Waals surface area contributed by atoms with Gasteiger partial charge in [0.05, 0.1) is 16.6 Å². The van der Waals surface area contributed by atoms with E-state index in [2.05, 4.69) is 21.3 Å². The number of urea groups is 1. The molecule has 1 aliphatic rings. The van der Waals surface area contributed by atoms with E-state index in [4.69, 9.17) is 16.3 Å². The van der Waals surface area contributed by atoms with Crippen molar-refractivity contribution in [3.8, 4) is 5.75 Å². The number of carbonyl (C=O) groups excluding carboxylic acids is 2. The van der Waals surface area contributed by atoms with Gasteiger partial charge in [0.25, 0.3) is 0 Å². The third-order valence-corrected chi connectivity index (χ3v) is 5.19. The van der Waals surface area contributed by atoms with Crippen LogP contribution in [-0.2, 0) is 11.0 Å². The Labute approximate surface area is 187 Å². The van der Waals surface area contributed by atoms with Gasteiger partial charge in [-0.25, -0.2) is 4.79 Å². The zero-order valence-electron chi connectivity index (χ0n) is 17.1. The summed E-state index contributed by atoms with van der Waals surface area (Å²) in [6, 6.07) is 8.64. The van der Waals surface area contributed by atoms with Crippen LogP contribution in [-0.4, -0.2) is 37.7 Å². The number of ether oxygens (including phenoxy) is 1. The van der Waals surface area contributed by atoms with Crippen LogP contribution >= 0.6 is 11.6 Å². The van der Waals surface area contributed by atoms with Crippen LogP contribution in [0.25, 0.3) is 0 Å². The van der Waals surface area contributed by atoms with Gasteiger partial charge in [0, 0.05) is 24.8 Å². The largest absolute Gasteiger partial charge is 0.490 e. The topological polar surface area (TPSA) is 91.5 Å². The van der Waals surface area contributed by atoms with Crippen LogP contribution in [0.3, 0.4) is 0 Å². The molecule has 0 radical (unpaired) electrons. The summed E-state index contributed by atoms with van der Waals surface area (Å²) in [6.45, 7) is 0.656. The number of nitrogens with one attached hydrogen (secondary N) is 4. The fourth-order valence-electron chi connectivity index (χ4n) is 3.29. The van der Waals surface area contributed by atoms with Gasteiger partial charge < -0.3 is 26.0 Å². The number of benzene rings is 2. The molecule has 3 rings (SSSR count). The first-order valence-electron chi connectivity index (χ1n) is 9.82. The van der Waals surface area contributed by atoms with Crippen LogP contribution in [0.1, 0.15) is 18.4 Å². The van der Waals surface area contributed by atoms with Crippen LogP contribution in [0.4, 0.5) is 29.3 Å². The molecule has 0 aromatic heterocycles.